The topological polar surface area (TPSA) is 52.6 Å². The van der Waals surface area contributed by atoms with Crippen LogP contribution >= 0.6 is 0 Å². The summed E-state index contributed by atoms with van der Waals surface area (Å²) in [5, 5.41) is 0. The summed E-state index contributed by atoms with van der Waals surface area (Å²) < 4.78 is 11.1. The lowest BCUT2D eigenvalue weighted by Gasteiger charge is -2.21. The quantitative estimate of drug-likeness (QED) is 0.108. The Morgan fingerprint density at radius 2 is 1.12 bits per heavy atom. The molecular formula is C30H58O4. The smallest absolute Gasteiger partial charge is 0.308 e. The third kappa shape index (κ3) is 17.4. The predicted molar refractivity (Wildman–Crippen MR) is 144 cm³/mol. The van der Waals surface area contributed by atoms with Gasteiger partial charge in [0.05, 0.1) is 19.1 Å². The Kier molecular flexibility index (Phi) is 21.7. The van der Waals surface area contributed by atoms with E-state index in [0.717, 1.165) is 51.4 Å². The molecule has 0 aromatic rings. The molecule has 0 amide bonds. The molecule has 0 radical (unpaired) electrons. The zero-order valence-corrected chi connectivity index (χ0v) is 23.7. The molecule has 0 rings (SSSR count). The summed E-state index contributed by atoms with van der Waals surface area (Å²) in [4.78, 5) is 24.4. The van der Waals surface area contributed by atoms with Crippen molar-refractivity contribution in [3.05, 3.63) is 0 Å². The number of carbonyl (C=O) groups is 2. The molecule has 0 aliphatic rings. The van der Waals surface area contributed by atoms with Gasteiger partial charge in [0.15, 0.2) is 0 Å². The van der Waals surface area contributed by atoms with E-state index in [9.17, 15) is 9.59 Å². The number of unbranched alkanes of at least 4 members (excludes halogenated alkanes) is 7. The molecule has 34 heavy (non-hydrogen) atoms. The average Bonchev–Trinajstić information content (AvgIpc) is 2.84. The Hall–Kier alpha value is -1.06. The summed E-state index contributed by atoms with van der Waals surface area (Å²) in [6, 6.07) is 0. The SMILES string of the molecule is CCCCC(CC)COC(=O)CCCCCCCCC(C)C(C)C(=O)OCC(CC)CCCC. The van der Waals surface area contributed by atoms with Gasteiger partial charge < -0.3 is 9.47 Å². The molecular weight excluding hydrogens is 424 g/mol. The number of rotatable bonds is 23. The number of carbonyl (C=O) groups excluding carboxylic acids is 2. The van der Waals surface area contributed by atoms with Gasteiger partial charge >= 0.3 is 11.9 Å². The van der Waals surface area contributed by atoms with Crippen molar-refractivity contribution in [1.82, 2.24) is 0 Å². The molecule has 4 nitrogen and oxygen atoms in total. The van der Waals surface area contributed by atoms with Crippen molar-refractivity contribution in [2.75, 3.05) is 13.2 Å². The second kappa shape index (κ2) is 22.4. The van der Waals surface area contributed by atoms with E-state index in [2.05, 4.69) is 34.6 Å². The van der Waals surface area contributed by atoms with E-state index in [1.54, 1.807) is 0 Å². The van der Waals surface area contributed by atoms with Gasteiger partial charge in [0.25, 0.3) is 0 Å². The lowest BCUT2D eigenvalue weighted by atomic mass is 9.90. The van der Waals surface area contributed by atoms with Gasteiger partial charge in [-0.3, -0.25) is 9.59 Å². The van der Waals surface area contributed by atoms with E-state index in [4.69, 9.17) is 9.47 Å². The van der Waals surface area contributed by atoms with Crippen molar-refractivity contribution < 1.29 is 19.1 Å². The molecule has 0 saturated carbocycles. The normalized spacial score (nSPS) is 14.9. The monoisotopic (exact) mass is 482 g/mol. The van der Waals surface area contributed by atoms with Crippen molar-refractivity contribution in [1.29, 1.82) is 0 Å². The van der Waals surface area contributed by atoms with E-state index in [1.165, 1.54) is 44.9 Å². The van der Waals surface area contributed by atoms with E-state index >= 15 is 0 Å². The van der Waals surface area contributed by atoms with Crippen LogP contribution in [0.25, 0.3) is 0 Å². The van der Waals surface area contributed by atoms with E-state index in [1.807, 2.05) is 6.92 Å². The van der Waals surface area contributed by atoms with Crippen LogP contribution in [0.2, 0.25) is 0 Å². The molecule has 0 bridgehead atoms. The van der Waals surface area contributed by atoms with Gasteiger partial charge in [0.1, 0.15) is 0 Å². The lowest BCUT2D eigenvalue weighted by molar-refractivity contribution is -0.151. The third-order valence-electron chi connectivity index (χ3n) is 7.54. The largest absolute Gasteiger partial charge is 0.465 e. The zero-order valence-electron chi connectivity index (χ0n) is 23.7. The molecule has 4 heteroatoms. The summed E-state index contributed by atoms with van der Waals surface area (Å²) >= 11 is 0. The third-order valence-corrected chi connectivity index (χ3v) is 7.54. The van der Waals surface area contributed by atoms with Gasteiger partial charge in [-0.2, -0.15) is 0 Å². The summed E-state index contributed by atoms with van der Waals surface area (Å²) in [6.45, 7) is 14.1. The van der Waals surface area contributed by atoms with Gasteiger partial charge in [0.2, 0.25) is 0 Å². The molecule has 0 saturated heterocycles. The molecule has 0 aromatic carbocycles. The van der Waals surface area contributed by atoms with Crippen LogP contribution in [0.3, 0.4) is 0 Å². The molecule has 0 heterocycles. The van der Waals surface area contributed by atoms with Crippen molar-refractivity contribution in [3.63, 3.8) is 0 Å². The molecule has 4 unspecified atom stereocenters. The molecule has 0 aliphatic heterocycles. The van der Waals surface area contributed by atoms with Gasteiger partial charge in [0, 0.05) is 6.42 Å². The number of ether oxygens (including phenoxy) is 2. The van der Waals surface area contributed by atoms with E-state index in [0.29, 0.717) is 37.4 Å². The second-order valence-electron chi connectivity index (χ2n) is 10.6. The average molecular weight is 483 g/mol. The van der Waals surface area contributed by atoms with Crippen LogP contribution in [0.4, 0.5) is 0 Å². The molecule has 202 valence electrons. The minimum atomic E-state index is -0.0275. The first kappa shape index (κ1) is 32.9. The minimum absolute atomic E-state index is 0.0232. The van der Waals surface area contributed by atoms with Gasteiger partial charge in [-0.1, -0.05) is 112 Å². The molecule has 0 N–H and O–H groups in total. The number of esters is 2. The molecule has 0 fully saturated rings. The zero-order chi connectivity index (χ0) is 25.6. The maximum absolute atomic E-state index is 12.4. The minimum Gasteiger partial charge on any atom is -0.465 e. The number of hydrogen-bond donors (Lipinski definition) is 0. The van der Waals surface area contributed by atoms with Crippen molar-refractivity contribution in [2.24, 2.45) is 23.7 Å². The Bertz CT molecular complexity index is 490. The Morgan fingerprint density at radius 3 is 1.65 bits per heavy atom. The van der Waals surface area contributed by atoms with E-state index in [-0.39, 0.29) is 17.9 Å². The fourth-order valence-corrected chi connectivity index (χ4v) is 4.34. The van der Waals surface area contributed by atoms with Crippen molar-refractivity contribution >= 4 is 11.9 Å². The van der Waals surface area contributed by atoms with Gasteiger partial charge in [-0.15, -0.1) is 0 Å². The summed E-state index contributed by atoms with van der Waals surface area (Å²) in [5.74, 6) is 1.32. The number of hydrogen-bond acceptors (Lipinski definition) is 4. The Balaban J connectivity index is 3.79. The predicted octanol–water partition coefficient (Wildman–Crippen LogP) is 8.90. The first-order valence-electron chi connectivity index (χ1n) is 14.7. The highest BCUT2D eigenvalue weighted by Crippen LogP contribution is 2.22. The highest BCUT2D eigenvalue weighted by Gasteiger charge is 2.22. The van der Waals surface area contributed by atoms with Crippen LogP contribution in [-0.4, -0.2) is 25.2 Å². The second-order valence-corrected chi connectivity index (χ2v) is 10.6. The molecule has 0 spiro atoms. The van der Waals surface area contributed by atoms with Crippen LogP contribution in [-0.2, 0) is 19.1 Å². The van der Waals surface area contributed by atoms with Crippen LogP contribution < -0.4 is 0 Å². The van der Waals surface area contributed by atoms with Crippen LogP contribution in [0.15, 0.2) is 0 Å². The Morgan fingerprint density at radius 1 is 0.618 bits per heavy atom. The lowest BCUT2D eigenvalue weighted by Crippen LogP contribution is -2.24. The van der Waals surface area contributed by atoms with Gasteiger partial charge in [-0.05, 0) is 43.4 Å². The summed E-state index contributed by atoms with van der Waals surface area (Å²) in [7, 11) is 0. The van der Waals surface area contributed by atoms with E-state index < -0.39 is 0 Å². The summed E-state index contributed by atoms with van der Waals surface area (Å²) in [5.41, 5.74) is 0. The van der Waals surface area contributed by atoms with Crippen molar-refractivity contribution in [3.8, 4) is 0 Å². The maximum atomic E-state index is 12.4. The van der Waals surface area contributed by atoms with Crippen LogP contribution in [0.5, 0.6) is 0 Å². The Labute approximate surface area is 212 Å². The molecule has 0 aromatic heterocycles. The fraction of sp³-hybridized carbons (Fsp3) is 0.933. The highest BCUT2D eigenvalue weighted by molar-refractivity contribution is 5.72. The van der Waals surface area contributed by atoms with Crippen LogP contribution in [0.1, 0.15) is 144 Å². The van der Waals surface area contributed by atoms with Crippen LogP contribution in [0, 0.1) is 23.7 Å². The fourth-order valence-electron chi connectivity index (χ4n) is 4.34. The van der Waals surface area contributed by atoms with Gasteiger partial charge in [-0.25, -0.2) is 0 Å². The molecule has 4 atom stereocenters. The molecule has 0 aliphatic carbocycles. The first-order chi connectivity index (χ1) is 16.4. The summed E-state index contributed by atoms with van der Waals surface area (Å²) in [6.07, 6.45) is 17.7. The highest BCUT2D eigenvalue weighted by atomic mass is 16.5. The maximum Gasteiger partial charge on any atom is 0.308 e. The standard InChI is InChI=1S/C30H58O4/c1-7-11-20-27(9-3)23-33-29(31)22-18-16-14-13-15-17-19-25(5)26(6)30(32)34-24-28(10-4)21-12-8-2/h25-28H,7-24H2,1-6H3. The van der Waals surface area contributed by atoms with Crippen molar-refractivity contribution in [2.45, 2.75) is 144 Å². The first-order valence-corrected chi connectivity index (χ1v) is 14.7.